The van der Waals surface area contributed by atoms with Crippen LogP contribution in [-0.2, 0) is 15.9 Å². The molecule has 3 rings (SSSR count). The molecule has 0 saturated carbocycles. The van der Waals surface area contributed by atoms with Crippen LogP contribution >= 0.6 is 0 Å². The molecule has 7 heteroatoms. The molecular weight excluding hydrogens is 298 g/mol. The third-order valence-corrected chi connectivity index (χ3v) is 3.88. The van der Waals surface area contributed by atoms with Crippen molar-refractivity contribution in [2.24, 2.45) is 0 Å². The highest BCUT2D eigenvalue weighted by molar-refractivity contribution is 5.64. The standard InChI is InChI=1S/C16H19N3O4/c1-11-3-4-12(9-15(11)19(20)21)14-10-13(17-18-14)5-6-16-22-7-2-8-23-16/h3-4,9-10,16H,2,5-8H2,1H3,(H,17,18). The van der Waals surface area contributed by atoms with Crippen molar-refractivity contribution in [1.82, 2.24) is 10.2 Å². The van der Waals surface area contributed by atoms with Gasteiger partial charge in [0.2, 0.25) is 0 Å². The Balaban J connectivity index is 1.69. The zero-order valence-corrected chi connectivity index (χ0v) is 12.9. The Morgan fingerprint density at radius 3 is 2.87 bits per heavy atom. The topological polar surface area (TPSA) is 90.3 Å². The molecule has 1 fully saturated rings. The van der Waals surface area contributed by atoms with E-state index in [0.29, 0.717) is 11.3 Å². The van der Waals surface area contributed by atoms with Gasteiger partial charge < -0.3 is 9.47 Å². The van der Waals surface area contributed by atoms with Gasteiger partial charge in [0.15, 0.2) is 6.29 Å². The minimum Gasteiger partial charge on any atom is -0.353 e. The first-order chi connectivity index (χ1) is 11.1. The van der Waals surface area contributed by atoms with Crippen LogP contribution in [0.25, 0.3) is 11.3 Å². The fraction of sp³-hybridized carbons (Fsp3) is 0.438. The first-order valence-corrected chi connectivity index (χ1v) is 7.66. The Bertz CT molecular complexity index is 692. The highest BCUT2D eigenvalue weighted by atomic mass is 16.7. The molecule has 0 unspecified atom stereocenters. The van der Waals surface area contributed by atoms with Gasteiger partial charge in [-0.05, 0) is 25.8 Å². The van der Waals surface area contributed by atoms with E-state index < -0.39 is 0 Å². The van der Waals surface area contributed by atoms with Crippen molar-refractivity contribution >= 4 is 5.69 Å². The molecule has 1 aromatic carbocycles. The Labute approximate surface area is 133 Å². The average Bonchev–Trinajstić information content (AvgIpc) is 3.03. The monoisotopic (exact) mass is 317 g/mol. The van der Waals surface area contributed by atoms with Crippen LogP contribution < -0.4 is 0 Å². The number of benzene rings is 1. The van der Waals surface area contributed by atoms with E-state index in [2.05, 4.69) is 10.2 Å². The maximum absolute atomic E-state index is 11.0. The van der Waals surface area contributed by atoms with Gasteiger partial charge in [-0.3, -0.25) is 15.2 Å². The lowest BCUT2D eigenvalue weighted by Crippen LogP contribution is -2.25. The summed E-state index contributed by atoms with van der Waals surface area (Å²) in [6.45, 7) is 3.21. The summed E-state index contributed by atoms with van der Waals surface area (Å²) in [4.78, 5) is 10.7. The Hall–Kier alpha value is -2.25. The molecule has 1 saturated heterocycles. The number of nitrogens with zero attached hydrogens (tertiary/aromatic N) is 2. The zero-order valence-electron chi connectivity index (χ0n) is 12.9. The third kappa shape index (κ3) is 3.75. The second-order valence-electron chi connectivity index (χ2n) is 5.60. The van der Waals surface area contributed by atoms with Gasteiger partial charge in [-0.15, -0.1) is 0 Å². The van der Waals surface area contributed by atoms with Crippen molar-refractivity contribution in [3.8, 4) is 11.3 Å². The van der Waals surface area contributed by atoms with Gasteiger partial charge >= 0.3 is 0 Å². The smallest absolute Gasteiger partial charge is 0.272 e. The van der Waals surface area contributed by atoms with E-state index >= 15 is 0 Å². The van der Waals surface area contributed by atoms with Crippen LogP contribution in [0.1, 0.15) is 24.1 Å². The minimum atomic E-state index is -0.371. The van der Waals surface area contributed by atoms with Gasteiger partial charge in [-0.25, -0.2) is 0 Å². The maximum atomic E-state index is 11.0. The summed E-state index contributed by atoms with van der Waals surface area (Å²) in [5, 5.41) is 18.3. The summed E-state index contributed by atoms with van der Waals surface area (Å²) in [5.74, 6) is 0. The summed E-state index contributed by atoms with van der Waals surface area (Å²) < 4.78 is 11.0. The number of nitro groups is 1. The first-order valence-electron chi connectivity index (χ1n) is 7.66. The fourth-order valence-corrected chi connectivity index (χ4v) is 2.58. The van der Waals surface area contributed by atoms with Crippen molar-refractivity contribution in [1.29, 1.82) is 0 Å². The largest absolute Gasteiger partial charge is 0.353 e. The van der Waals surface area contributed by atoms with Crippen molar-refractivity contribution in [2.45, 2.75) is 32.5 Å². The molecule has 1 aliphatic rings. The molecule has 0 amide bonds. The van der Waals surface area contributed by atoms with E-state index in [1.165, 1.54) is 0 Å². The summed E-state index contributed by atoms with van der Waals surface area (Å²) in [7, 11) is 0. The quantitative estimate of drug-likeness (QED) is 0.676. The molecule has 7 nitrogen and oxygen atoms in total. The van der Waals surface area contributed by atoms with Crippen molar-refractivity contribution < 1.29 is 14.4 Å². The van der Waals surface area contributed by atoms with Gasteiger partial charge in [0.05, 0.1) is 23.8 Å². The fourth-order valence-electron chi connectivity index (χ4n) is 2.58. The Morgan fingerprint density at radius 1 is 1.35 bits per heavy atom. The molecule has 1 aliphatic heterocycles. The van der Waals surface area contributed by atoms with Crippen LogP contribution in [0.3, 0.4) is 0 Å². The zero-order chi connectivity index (χ0) is 16.2. The normalized spacial score (nSPS) is 15.7. The van der Waals surface area contributed by atoms with E-state index in [-0.39, 0.29) is 16.9 Å². The Morgan fingerprint density at radius 2 is 2.13 bits per heavy atom. The molecule has 1 aromatic heterocycles. The minimum absolute atomic E-state index is 0.107. The number of rotatable bonds is 5. The predicted octanol–water partition coefficient (Wildman–Crippen LogP) is 2.99. The van der Waals surface area contributed by atoms with Crippen LogP contribution in [0.4, 0.5) is 5.69 Å². The summed E-state index contributed by atoms with van der Waals surface area (Å²) in [6.07, 6.45) is 2.30. The maximum Gasteiger partial charge on any atom is 0.272 e. The molecule has 2 aromatic rings. The molecule has 0 radical (unpaired) electrons. The highest BCUT2D eigenvalue weighted by Gasteiger charge is 2.16. The molecule has 0 bridgehead atoms. The van der Waals surface area contributed by atoms with E-state index in [1.54, 1.807) is 19.1 Å². The number of hydrogen-bond acceptors (Lipinski definition) is 5. The number of aryl methyl sites for hydroxylation is 2. The lowest BCUT2D eigenvalue weighted by Gasteiger charge is -2.22. The van der Waals surface area contributed by atoms with E-state index in [4.69, 9.17) is 9.47 Å². The van der Waals surface area contributed by atoms with E-state index in [0.717, 1.165) is 43.7 Å². The average molecular weight is 317 g/mol. The van der Waals surface area contributed by atoms with Gasteiger partial charge in [-0.1, -0.05) is 12.1 Å². The predicted molar refractivity (Wildman–Crippen MR) is 84.0 cm³/mol. The molecule has 0 atom stereocenters. The van der Waals surface area contributed by atoms with Crippen LogP contribution in [-0.4, -0.2) is 34.6 Å². The Kier molecular flexibility index (Phi) is 4.68. The van der Waals surface area contributed by atoms with Crippen molar-refractivity contribution in [2.75, 3.05) is 13.2 Å². The third-order valence-electron chi connectivity index (χ3n) is 3.88. The van der Waals surface area contributed by atoms with Gasteiger partial charge in [0.25, 0.3) is 5.69 Å². The molecule has 122 valence electrons. The van der Waals surface area contributed by atoms with Crippen LogP contribution in [0, 0.1) is 17.0 Å². The number of aromatic nitrogens is 2. The van der Waals surface area contributed by atoms with E-state index in [1.807, 2.05) is 12.1 Å². The van der Waals surface area contributed by atoms with Gasteiger partial charge in [0.1, 0.15) is 0 Å². The molecule has 1 N–H and O–H groups in total. The SMILES string of the molecule is Cc1ccc(-c2cc(CCC3OCCCO3)[nH]n2)cc1[N+](=O)[O-]. The lowest BCUT2D eigenvalue weighted by atomic mass is 10.1. The number of aromatic amines is 1. The summed E-state index contributed by atoms with van der Waals surface area (Å²) in [6, 6.07) is 7.06. The number of ether oxygens (including phenoxy) is 2. The van der Waals surface area contributed by atoms with Gasteiger partial charge in [0, 0.05) is 29.3 Å². The number of nitro benzene ring substituents is 1. The highest BCUT2D eigenvalue weighted by Crippen LogP contribution is 2.26. The van der Waals surface area contributed by atoms with Crippen LogP contribution in [0.5, 0.6) is 0 Å². The van der Waals surface area contributed by atoms with Crippen molar-refractivity contribution in [3.63, 3.8) is 0 Å². The first kappa shape index (κ1) is 15.6. The second-order valence-corrected chi connectivity index (χ2v) is 5.60. The van der Waals surface area contributed by atoms with Crippen LogP contribution in [0.15, 0.2) is 24.3 Å². The summed E-state index contributed by atoms with van der Waals surface area (Å²) in [5.41, 5.74) is 3.14. The number of hydrogen-bond donors (Lipinski definition) is 1. The van der Waals surface area contributed by atoms with Gasteiger partial charge in [-0.2, -0.15) is 5.10 Å². The lowest BCUT2D eigenvalue weighted by molar-refractivity contribution is -0.385. The van der Waals surface area contributed by atoms with Crippen molar-refractivity contribution in [3.05, 3.63) is 45.6 Å². The van der Waals surface area contributed by atoms with Crippen LogP contribution in [0.2, 0.25) is 0 Å². The molecule has 0 aliphatic carbocycles. The molecular formula is C16H19N3O4. The molecule has 23 heavy (non-hydrogen) atoms. The molecule has 0 spiro atoms. The number of nitrogens with one attached hydrogen (secondary N) is 1. The van der Waals surface area contributed by atoms with E-state index in [9.17, 15) is 10.1 Å². The second kappa shape index (κ2) is 6.89. The molecule has 2 heterocycles. The number of H-pyrrole nitrogens is 1. The summed E-state index contributed by atoms with van der Waals surface area (Å²) >= 11 is 0.